The quantitative estimate of drug-likeness (QED) is 0.875. The zero-order chi connectivity index (χ0) is 16.8. The number of ether oxygens (including phenoxy) is 1. The van der Waals surface area contributed by atoms with Crippen LogP contribution in [0.25, 0.3) is 0 Å². The number of benzene rings is 2. The Labute approximate surface area is 135 Å². The molecule has 2 amide bonds. The predicted molar refractivity (Wildman–Crippen MR) is 89.4 cm³/mol. The minimum atomic E-state index is -0.371. The lowest BCUT2D eigenvalue weighted by molar-refractivity contribution is 0.254. The van der Waals surface area contributed by atoms with Crippen LogP contribution in [-0.2, 0) is 13.0 Å². The Morgan fingerprint density at radius 3 is 2.65 bits per heavy atom. The van der Waals surface area contributed by atoms with E-state index in [4.69, 9.17) is 4.74 Å². The van der Waals surface area contributed by atoms with Crippen molar-refractivity contribution in [1.82, 2.24) is 5.32 Å². The zero-order valence-corrected chi connectivity index (χ0v) is 13.6. The fourth-order valence-corrected chi connectivity index (χ4v) is 2.24. The normalized spacial score (nSPS) is 10.3. The van der Waals surface area contributed by atoms with Gasteiger partial charge in [0.05, 0.1) is 0 Å². The molecule has 4 nitrogen and oxygen atoms in total. The van der Waals surface area contributed by atoms with E-state index in [-0.39, 0.29) is 18.5 Å². The molecule has 2 aromatic carbocycles. The fourth-order valence-electron chi connectivity index (χ4n) is 2.24. The maximum Gasteiger partial charge on any atom is 0.318 e. The molecule has 0 aliphatic carbocycles. The number of amides is 2. The SMILES string of the molecule is CCc1ccc(OCc2cc(F)ccc2NC(=O)NC)c(C)c1. The summed E-state index contributed by atoms with van der Waals surface area (Å²) in [6.45, 7) is 4.24. The summed E-state index contributed by atoms with van der Waals surface area (Å²) in [4.78, 5) is 11.5. The minimum absolute atomic E-state index is 0.170. The van der Waals surface area contributed by atoms with Crippen molar-refractivity contribution in [2.45, 2.75) is 26.9 Å². The lowest BCUT2D eigenvalue weighted by Crippen LogP contribution is -2.25. The number of hydrogen-bond donors (Lipinski definition) is 2. The van der Waals surface area contributed by atoms with E-state index in [9.17, 15) is 9.18 Å². The lowest BCUT2D eigenvalue weighted by atomic mass is 10.1. The number of aryl methyl sites for hydroxylation is 2. The highest BCUT2D eigenvalue weighted by atomic mass is 19.1. The van der Waals surface area contributed by atoms with E-state index >= 15 is 0 Å². The number of hydrogen-bond acceptors (Lipinski definition) is 2. The van der Waals surface area contributed by atoms with Crippen molar-refractivity contribution in [2.75, 3.05) is 12.4 Å². The average molecular weight is 316 g/mol. The summed E-state index contributed by atoms with van der Waals surface area (Å²) < 4.78 is 19.3. The Bertz CT molecular complexity index is 701. The summed E-state index contributed by atoms with van der Waals surface area (Å²) in [6, 6.07) is 9.83. The van der Waals surface area contributed by atoms with Crippen molar-refractivity contribution < 1.29 is 13.9 Å². The van der Waals surface area contributed by atoms with Gasteiger partial charge < -0.3 is 15.4 Å². The highest BCUT2D eigenvalue weighted by Gasteiger charge is 2.09. The minimum Gasteiger partial charge on any atom is -0.489 e. The molecule has 23 heavy (non-hydrogen) atoms. The summed E-state index contributed by atoms with van der Waals surface area (Å²) in [5.41, 5.74) is 3.37. The van der Waals surface area contributed by atoms with Crippen LogP contribution in [-0.4, -0.2) is 13.1 Å². The van der Waals surface area contributed by atoms with Gasteiger partial charge in [-0.05, 0) is 48.7 Å². The lowest BCUT2D eigenvalue weighted by Gasteiger charge is -2.14. The maximum absolute atomic E-state index is 13.5. The third-order valence-corrected chi connectivity index (χ3v) is 3.57. The van der Waals surface area contributed by atoms with E-state index in [0.29, 0.717) is 11.3 Å². The molecule has 0 saturated carbocycles. The highest BCUT2D eigenvalue weighted by molar-refractivity contribution is 5.89. The maximum atomic E-state index is 13.5. The number of urea groups is 1. The summed E-state index contributed by atoms with van der Waals surface area (Å²) in [7, 11) is 1.52. The van der Waals surface area contributed by atoms with E-state index in [1.165, 1.54) is 30.8 Å². The van der Waals surface area contributed by atoms with Gasteiger partial charge in [-0.1, -0.05) is 19.1 Å². The predicted octanol–water partition coefficient (Wildman–Crippen LogP) is 4.03. The second-order valence-electron chi connectivity index (χ2n) is 5.25. The first-order chi connectivity index (χ1) is 11.0. The summed E-state index contributed by atoms with van der Waals surface area (Å²) in [5, 5.41) is 5.13. The van der Waals surface area contributed by atoms with Crippen LogP contribution >= 0.6 is 0 Å². The summed E-state index contributed by atoms with van der Waals surface area (Å²) in [6.07, 6.45) is 0.964. The standard InChI is InChI=1S/C18H21FN2O2/c1-4-13-5-8-17(12(2)9-13)23-11-14-10-15(19)6-7-16(14)21-18(22)20-3/h5-10H,4,11H2,1-3H3,(H2,20,21,22). The molecule has 0 aromatic heterocycles. The van der Waals surface area contributed by atoms with Gasteiger partial charge in [0.2, 0.25) is 0 Å². The van der Waals surface area contributed by atoms with E-state index in [1.807, 2.05) is 19.1 Å². The number of anilines is 1. The highest BCUT2D eigenvalue weighted by Crippen LogP contribution is 2.23. The van der Waals surface area contributed by atoms with Gasteiger partial charge in [-0.3, -0.25) is 0 Å². The third-order valence-electron chi connectivity index (χ3n) is 3.57. The van der Waals surface area contributed by atoms with E-state index in [0.717, 1.165) is 17.7 Å². The van der Waals surface area contributed by atoms with Crippen LogP contribution < -0.4 is 15.4 Å². The second kappa shape index (κ2) is 7.63. The molecule has 0 bridgehead atoms. The summed E-state index contributed by atoms with van der Waals surface area (Å²) in [5.74, 6) is 0.376. The monoisotopic (exact) mass is 316 g/mol. The van der Waals surface area contributed by atoms with Crippen molar-refractivity contribution in [1.29, 1.82) is 0 Å². The molecule has 122 valence electrons. The molecule has 0 atom stereocenters. The first-order valence-electron chi connectivity index (χ1n) is 7.53. The molecule has 0 radical (unpaired) electrons. The molecule has 2 N–H and O–H groups in total. The van der Waals surface area contributed by atoms with Crippen molar-refractivity contribution in [3.8, 4) is 5.75 Å². The van der Waals surface area contributed by atoms with Crippen LogP contribution in [0.1, 0.15) is 23.6 Å². The zero-order valence-electron chi connectivity index (χ0n) is 13.6. The van der Waals surface area contributed by atoms with Gasteiger partial charge in [-0.25, -0.2) is 9.18 Å². The average Bonchev–Trinajstić information content (AvgIpc) is 2.55. The molecule has 2 aromatic rings. The molecule has 0 fully saturated rings. The number of carbonyl (C=O) groups excluding carboxylic acids is 1. The molecular weight excluding hydrogens is 295 g/mol. The largest absolute Gasteiger partial charge is 0.489 e. The molecule has 0 aliphatic rings. The topological polar surface area (TPSA) is 50.4 Å². The van der Waals surface area contributed by atoms with Crippen molar-refractivity contribution >= 4 is 11.7 Å². The van der Waals surface area contributed by atoms with Crippen molar-refractivity contribution in [3.63, 3.8) is 0 Å². The van der Waals surface area contributed by atoms with Gasteiger partial charge in [-0.15, -0.1) is 0 Å². The molecule has 0 aliphatic heterocycles. The molecule has 0 saturated heterocycles. The smallest absolute Gasteiger partial charge is 0.318 e. The van der Waals surface area contributed by atoms with Crippen LogP contribution in [0.5, 0.6) is 5.75 Å². The van der Waals surface area contributed by atoms with Crippen LogP contribution in [0, 0.1) is 12.7 Å². The van der Waals surface area contributed by atoms with Crippen LogP contribution in [0.15, 0.2) is 36.4 Å². The number of rotatable bonds is 5. The van der Waals surface area contributed by atoms with Gasteiger partial charge in [-0.2, -0.15) is 0 Å². The van der Waals surface area contributed by atoms with Gasteiger partial charge in [0, 0.05) is 18.3 Å². The summed E-state index contributed by atoms with van der Waals surface area (Å²) >= 11 is 0. The number of carbonyl (C=O) groups is 1. The number of halogens is 1. The van der Waals surface area contributed by atoms with Gasteiger partial charge >= 0.3 is 6.03 Å². The van der Waals surface area contributed by atoms with E-state index in [2.05, 4.69) is 23.6 Å². The van der Waals surface area contributed by atoms with Crippen molar-refractivity contribution in [2.24, 2.45) is 0 Å². The fraction of sp³-hybridized carbons (Fsp3) is 0.278. The molecule has 0 spiro atoms. The Morgan fingerprint density at radius 1 is 1.22 bits per heavy atom. The third kappa shape index (κ3) is 4.45. The van der Waals surface area contributed by atoms with Crippen LogP contribution in [0.4, 0.5) is 14.9 Å². The number of nitrogens with one attached hydrogen (secondary N) is 2. The molecule has 5 heteroatoms. The molecule has 2 rings (SSSR count). The van der Waals surface area contributed by atoms with Gasteiger partial charge in [0.25, 0.3) is 0 Å². The Morgan fingerprint density at radius 2 is 2.00 bits per heavy atom. The van der Waals surface area contributed by atoms with Crippen LogP contribution in [0.2, 0.25) is 0 Å². The molecule has 0 heterocycles. The Balaban J connectivity index is 2.16. The van der Waals surface area contributed by atoms with Crippen LogP contribution in [0.3, 0.4) is 0 Å². The van der Waals surface area contributed by atoms with Crippen molar-refractivity contribution in [3.05, 3.63) is 58.9 Å². The Hall–Kier alpha value is -2.56. The van der Waals surface area contributed by atoms with E-state index in [1.54, 1.807) is 0 Å². The van der Waals surface area contributed by atoms with Gasteiger partial charge in [0.1, 0.15) is 18.2 Å². The van der Waals surface area contributed by atoms with Gasteiger partial charge in [0.15, 0.2) is 0 Å². The first kappa shape index (κ1) is 16.8. The van der Waals surface area contributed by atoms with E-state index < -0.39 is 0 Å². The molecule has 0 unspecified atom stereocenters. The Kier molecular flexibility index (Phi) is 5.57. The second-order valence-corrected chi connectivity index (χ2v) is 5.25. The molecular formula is C18H21FN2O2. The first-order valence-corrected chi connectivity index (χ1v) is 7.53.